The molecule has 2 aromatic rings. The lowest BCUT2D eigenvalue weighted by molar-refractivity contribution is -0.118. The molecular weight excluding hydrogens is 354 g/mol. The predicted octanol–water partition coefficient (Wildman–Crippen LogP) is 5.29. The van der Waals surface area contributed by atoms with E-state index in [0.717, 1.165) is 22.1 Å². The average Bonchev–Trinajstić information content (AvgIpc) is 2.56. The number of amides is 1. The zero-order valence-corrected chi connectivity index (χ0v) is 15.3. The lowest BCUT2D eigenvalue weighted by Crippen LogP contribution is -2.20. The fourth-order valence-electron chi connectivity index (χ4n) is 2.20. The molecule has 0 saturated carbocycles. The Bertz CT molecular complexity index is 668. The number of anilines is 1. The summed E-state index contributed by atoms with van der Waals surface area (Å²) in [6, 6.07) is 13.6. The Morgan fingerprint density at radius 1 is 1.22 bits per heavy atom. The van der Waals surface area contributed by atoms with E-state index in [2.05, 4.69) is 47.2 Å². The van der Waals surface area contributed by atoms with Gasteiger partial charge >= 0.3 is 0 Å². The van der Waals surface area contributed by atoms with Gasteiger partial charge < -0.3 is 10.1 Å². The molecule has 0 aromatic heterocycles. The molecule has 0 spiro atoms. The molecule has 2 rings (SSSR count). The standard InChI is InChI=1S/C19H22BrNO2/c1-4-13(2)15-5-8-17(9-6-15)23-12-19(22)21-16-7-10-18(20)14(3)11-16/h5-11,13H,4,12H2,1-3H3,(H,21,22). The molecule has 1 atom stereocenters. The minimum Gasteiger partial charge on any atom is -0.484 e. The van der Waals surface area contributed by atoms with E-state index in [4.69, 9.17) is 4.74 Å². The van der Waals surface area contributed by atoms with Gasteiger partial charge in [-0.2, -0.15) is 0 Å². The molecule has 0 heterocycles. The first kappa shape index (κ1) is 17.5. The summed E-state index contributed by atoms with van der Waals surface area (Å²) < 4.78 is 6.56. The molecule has 1 unspecified atom stereocenters. The Morgan fingerprint density at radius 2 is 1.91 bits per heavy atom. The van der Waals surface area contributed by atoms with Crippen molar-refractivity contribution in [3.63, 3.8) is 0 Å². The largest absolute Gasteiger partial charge is 0.484 e. The number of hydrogen-bond acceptors (Lipinski definition) is 2. The zero-order chi connectivity index (χ0) is 16.8. The van der Waals surface area contributed by atoms with E-state index in [1.807, 2.05) is 37.3 Å². The SMILES string of the molecule is CCC(C)c1ccc(OCC(=O)Nc2ccc(Br)c(C)c2)cc1. The van der Waals surface area contributed by atoms with Crippen molar-refractivity contribution in [3.05, 3.63) is 58.1 Å². The Labute approximate surface area is 146 Å². The van der Waals surface area contributed by atoms with Crippen LogP contribution >= 0.6 is 15.9 Å². The normalized spacial score (nSPS) is 11.8. The molecule has 0 radical (unpaired) electrons. The molecule has 23 heavy (non-hydrogen) atoms. The van der Waals surface area contributed by atoms with Crippen LogP contribution in [0.1, 0.15) is 37.3 Å². The molecule has 0 aliphatic heterocycles. The number of halogens is 1. The molecule has 0 aliphatic carbocycles. The highest BCUT2D eigenvalue weighted by molar-refractivity contribution is 9.10. The Morgan fingerprint density at radius 3 is 2.52 bits per heavy atom. The molecule has 122 valence electrons. The molecule has 2 aromatic carbocycles. The van der Waals surface area contributed by atoms with Gasteiger partial charge in [-0.15, -0.1) is 0 Å². The second-order valence-corrected chi connectivity index (χ2v) is 6.53. The van der Waals surface area contributed by atoms with Gasteiger partial charge in [-0.1, -0.05) is 41.9 Å². The van der Waals surface area contributed by atoms with Gasteiger partial charge in [-0.3, -0.25) is 4.79 Å². The maximum Gasteiger partial charge on any atom is 0.262 e. The molecule has 1 N–H and O–H groups in total. The smallest absolute Gasteiger partial charge is 0.262 e. The second kappa shape index (κ2) is 8.16. The fraction of sp³-hybridized carbons (Fsp3) is 0.316. The van der Waals surface area contributed by atoms with Crippen molar-refractivity contribution in [1.82, 2.24) is 0 Å². The third kappa shape index (κ3) is 5.10. The average molecular weight is 376 g/mol. The fourth-order valence-corrected chi connectivity index (χ4v) is 2.44. The summed E-state index contributed by atoms with van der Waals surface area (Å²) >= 11 is 3.44. The molecule has 1 amide bonds. The summed E-state index contributed by atoms with van der Waals surface area (Å²) in [5.74, 6) is 1.07. The van der Waals surface area contributed by atoms with Crippen LogP contribution in [0.5, 0.6) is 5.75 Å². The number of aryl methyl sites for hydroxylation is 1. The Kier molecular flexibility index (Phi) is 6.22. The van der Waals surface area contributed by atoms with Crippen LogP contribution in [-0.2, 0) is 4.79 Å². The zero-order valence-electron chi connectivity index (χ0n) is 13.7. The summed E-state index contributed by atoms with van der Waals surface area (Å²) in [6.07, 6.45) is 1.11. The van der Waals surface area contributed by atoms with Crippen molar-refractivity contribution >= 4 is 27.5 Å². The highest BCUT2D eigenvalue weighted by atomic mass is 79.9. The van der Waals surface area contributed by atoms with Gasteiger partial charge in [0.15, 0.2) is 6.61 Å². The highest BCUT2D eigenvalue weighted by Gasteiger charge is 2.06. The molecule has 0 aliphatic rings. The maximum atomic E-state index is 12.0. The number of hydrogen-bond donors (Lipinski definition) is 1. The number of ether oxygens (including phenoxy) is 1. The Balaban J connectivity index is 1.87. The van der Waals surface area contributed by atoms with Gasteiger partial charge in [-0.05, 0) is 60.7 Å². The number of nitrogens with one attached hydrogen (secondary N) is 1. The third-order valence-electron chi connectivity index (χ3n) is 3.87. The van der Waals surface area contributed by atoms with E-state index in [0.29, 0.717) is 11.7 Å². The first-order valence-corrected chi connectivity index (χ1v) is 8.57. The quantitative estimate of drug-likeness (QED) is 0.744. The summed E-state index contributed by atoms with van der Waals surface area (Å²) in [5, 5.41) is 2.83. The summed E-state index contributed by atoms with van der Waals surface area (Å²) in [6.45, 7) is 6.35. The van der Waals surface area contributed by atoms with E-state index in [-0.39, 0.29) is 12.5 Å². The van der Waals surface area contributed by atoms with Gasteiger partial charge in [-0.25, -0.2) is 0 Å². The third-order valence-corrected chi connectivity index (χ3v) is 4.76. The van der Waals surface area contributed by atoms with Crippen LogP contribution in [0.25, 0.3) is 0 Å². The van der Waals surface area contributed by atoms with Crippen LogP contribution in [0.3, 0.4) is 0 Å². The highest BCUT2D eigenvalue weighted by Crippen LogP contribution is 2.22. The molecule has 0 bridgehead atoms. The van der Waals surface area contributed by atoms with Crippen LogP contribution < -0.4 is 10.1 Å². The minimum atomic E-state index is -0.169. The number of carbonyl (C=O) groups excluding carboxylic acids is 1. The van der Waals surface area contributed by atoms with Crippen molar-refractivity contribution in [3.8, 4) is 5.75 Å². The summed E-state index contributed by atoms with van der Waals surface area (Å²) in [4.78, 5) is 12.0. The maximum absolute atomic E-state index is 12.0. The van der Waals surface area contributed by atoms with Gasteiger partial charge in [0.1, 0.15) is 5.75 Å². The number of benzene rings is 2. The lowest BCUT2D eigenvalue weighted by atomic mass is 9.99. The first-order valence-electron chi connectivity index (χ1n) is 7.78. The van der Waals surface area contributed by atoms with Crippen LogP contribution in [0.4, 0.5) is 5.69 Å². The minimum absolute atomic E-state index is 0.00219. The van der Waals surface area contributed by atoms with Crippen LogP contribution in [-0.4, -0.2) is 12.5 Å². The topological polar surface area (TPSA) is 38.3 Å². The lowest BCUT2D eigenvalue weighted by Gasteiger charge is -2.11. The van der Waals surface area contributed by atoms with Crippen LogP contribution in [0.2, 0.25) is 0 Å². The van der Waals surface area contributed by atoms with E-state index in [9.17, 15) is 4.79 Å². The monoisotopic (exact) mass is 375 g/mol. The van der Waals surface area contributed by atoms with Crippen molar-refractivity contribution in [2.45, 2.75) is 33.1 Å². The van der Waals surface area contributed by atoms with Crippen molar-refractivity contribution < 1.29 is 9.53 Å². The van der Waals surface area contributed by atoms with Crippen molar-refractivity contribution in [2.75, 3.05) is 11.9 Å². The van der Waals surface area contributed by atoms with Gasteiger partial charge in [0.05, 0.1) is 0 Å². The van der Waals surface area contributed by atoms with E-state index >= 15 is 0 Å². The second-order valence-electron chi connectivity index (χ2n) is 5.68. The van der Waals surface area contributed by atoms with Crippen molar-refractivity contribution in [1.29, 1.82) is 0 Å². The van der Waals surface area contributed by atoms with E-state index < -0.39 is 0 Å². The molecular formula is C19H22BrNO2. The van der Waals surface area contributed by atoms with Gasteiger partial charge in [0.25, 0.3) is 5.91 Å². The molecule has 0 saturated heterocycles. The van der Waals surface area contributed by atoms with E-state index in [1.165, 1.54) is 5.56 Å². The van der Waals surface area contributed by atoms with E-state index in [1.54, 1.807) is 0 Å². The summed E-state index contributed by atoms with van der Waals surface area (Å²) in [5.41, 5.74) is 3.13. The molecule has 3 nitrogen and oxygen atoms in total. The number of carbonyl (C=O) groups is 1. The first-order chi connectivity index (χ1) is 11.0. The molecule has 0 fully saturated rings. The van der Waals surface area contributed by atoms with Gasteiger partial charge in [0, 0.05) is 10.2 Å². The predicted molar refractivity (Wildman–Crippen MR) is 98.2 cm³/mol. The molecule has 4 heteroatoms. The van der Waals surface area contributed by atoms with Crippen LogP contribution in [0.15, 0.2) is 46.9 Å². The Hall–Kier alpha value is -1.81. The van der Waals surface area contributed by atoms with Crippen LogP contribution in [0, 0.1) is 6.92 Å². The summed E-state index contributed by atoms with van der Waals surface area (Å²) in [7, 11) is 0. The van der Waals surface area contributed by atoms with Crippen molar-refractivity contribution in [2.24, 2.45) is 0 Å². The van der Waals surface area contributed by atoms with Gasteiger partial charge in [0.2, 0.25) is 0 Å². The number of rotatable bonds is 6.